The number of benzene rings is 1. The quantitative estimate of drug-likeness (QED) is 0.925. The summed E-state index contributed by atoms with van der Waals surface area (Å²) in [6.45, 7) is 5.10. The standard InChI is InChI=1S/C17H21N3O3/c1-13-11-16(23-18-13)17(22)20-9-7-19(8-10-20)12-15(21)14-5-3-2-4-6-14/h2-6,11,15,21H,7-10,12H2,1H3. The highest BCUT2D eigenvalue weighted by molar-refractivity contribution is 5.91. The van der Waals surface area contributed by atoms with E-state index in [4.69, 9.17) is 4.52 Å². The third-order valence-corrected chi connectivity index (χ3v) is 4.11. The van der Waals surface area contributed by atoms with Crippen molar-refractivity contribution in [1.82, 2.24) is 15.0 Å². The topological polar surface area (TPSA) is 69.8 Å². The van der Waals surface area contributed by atoms with Gasteiger partial charge in [0.15, 0.2) is 0 Å². The molecule has 1 saturated heterocycles. The lowest BCUT2D eigenvalue weighted by molar-refractivity contribution is 0.0496. The van der Waals surface area contributed by atoms with Gasteiger partial charge in [-0.2, -0.15) is 0 Å². The third kappa shape index (κ3) is 3.78. The Morgan fingerprint density at radius 3 is 2.57 bits per heavy atom. The van der Waals surface area contributed by atoms with E-state index in [1.165, 1.54) is 0 Å². The van der Waals surface area contributed by atoms with Gasteiger partial charge < -0.3 is 14.5 Å². The summed E-state index contributed by atoms with van der Waals surface area (Å²) in [5, 5.41) is 14.0. The molecule has 1 fully saturated rings. The summed E-state index contributed by atoms with van der Waals surface area (Å²) in [6.07, 6.45) is -0.504. The number of nitrogens with zero attached hydrogens (tertiary/aromatic N) is 3. The SMILES string of the molecule is Cc1cc(C(=O)N2CCN(CC(O)c3ccccc3)CC2)on1. The predicted octanol–water partition coefficient (Wildman–Crippen LogP) is 1.47. The second-order valence-corrected chi connectivity index (χ2v) is 5.85. The molecule has 23 heavy (non-hydrogen) atoms. The molecule has 2 aromatic rings. The largest absolute Gasteiger partial charge is 0.387 e. The molecule has 1 atom stereocenters. The van der Waals surface area contributed by atoms with E-state index in [0.29, 0.717) is 31.1 Å². The zero-order valence-electron chi connectivity index (χ0n) is 13.2. The summed E-state index contributed by atoms with van der Waals surface area (Å²) in [7, 11) is 0. The molecule has 1 aliphatic rings. The highest BCUT2D eigenvalue weighted by Crippen LogP contribution is 2.16. The Balaban J connectivity index is 1.51. The lowest BCUT2D eigenvalue weighted by Gasteiger charge is -2.35. The van der Waals surface area contributed by atoms with Gasteiger partial charge in [-0.25, -0.2) is 0 Å². The van der Waals surface area contributed by atoms with Gasteiger partial charge in [0.25, 0.3) is 5.91 Å². The molecule has 0 saturated carbocycles. The maximum absolute atomic E-state index is 12.3. The Kier molecular flexibility index (Phi) is 4.73. The predicted molar refractivity (Wildman–Crippen MR) is 85.0 cm³/mol. The van der Waals surface area contributed by atoms with Crippen molar-refractivity contribution in [3.63, 3.8) is 0 Å². The summed E-state index contributed by atoms with van der Waals surface area (Å²) >= 11 is 0. The van der Waals surface area contributed by atoms with Crippen molar-refractivity contribution in [1.29, 1.82) is 0 Å². The fraction of sp³-hybridized carbons (Fsp3) is 0.412. The van der Waals surface area contributed by atoms with Gasteiger partial charge in [0.05, 0.1) is 11.8 Å². The zero-order chi connectivity index (χ0) is 16.2. The Hall–Kier alpha value is -2.18. The number of rotatable bonds is 4. The molecule has 2 heterocycles. The molecule has 1 aliphatic heterocycles. The van der Waals surface area contributed by atoms with Crippen LogP contribution in [0.15, 0.2) is 40.9 Å². The number of aliphatic hydroxyl groups excluding tert-OH is 1. The maximum Gasteiger partial charge on any atom is 0.292 e. The molecule has 0 aliphatic carbocycles. The number of amides is 1. The summed E-state index contributed by atoms with van der Waals surface area (Å²) in [4.78, 5) is 16.2. The first-order valence-electron chi connectivity index (χ1n) is 7.81. The first-order valence-corrected chi connectivity index (χ1v) is 7.81. The minimum absolute atomic E-state index is 0.117. The van der Waals surface area contributed by atoms with Crippen molar-refractivity contribution < 1.29 is 14.4 Å². The van der Waals surface area contributed by atoms with Crippen molar-refractivity contribution in [2.45, 2.75) is 13.0 Å². The summed E-state index contributed by atoms with van der Waals surface area (Å²) in [6, 6.07) is 11.3. The molecular formula is C17H21N3O3. The number of hydrogen-bond donors (Lipinski definition) is 1. The average molecular weight is 315 g/mol. The van der Waals surface area contributed by atoms with Crippen molar-refractivity contribution in [2.75, 3.05) is 32.7 Å². The monoisotopic (exact) mass is 315 g/mol. The number of aryl methyl sites for hydroxylation is 1. The summed E-state index contributed by atoms with van der Waals surface area (Å²) < 4.78 is 5.03. The molecule has 0 radical (unpaired) electrons. The average Bonchev–Trinajstić information content (AvgIpc) is 3.02. The molecule has 6 nitrogen and oxygen atoms in total. The van der Waals surface area contributed by atoms with Crippen LogP contribution in [-0.4, -0.2) is 58.7 Å². The minimum atomic E-state index is -0.504. The second kappa shape index (κ2) is 6.93. The fourth-order valence-electron chi connectivity index (χ4n) is 2.78. The van der Waals surface area contributed by atoms with Crippen molar-refractivity contribution >= 4 is 5.91 Å². The van der Waals surface area contributed by atoms with Gasteiger partial charge in [-0.15, -0.1) is 0 Å². The smallest absolute Gasteiger partial charge is 0.292 e. The second-order valence-electron chi connectivity index (χ2n) is 5.85. The normalized spacial score (nSPS) is 17.2. The van der Waals surface area contributed by atoms with Crippen LogP contribution in [-0.2, 0) is 0 Å². The van der Waals surface area contributed by atoms with Gasteiger partial charge in [-0.3, -0.25) is 9.69 Å². The Bertz CT molecular complexity index is 648. The fourth-order valence-corrected chi connectivity index (χ4v) is 2.78. The third-order valence-electron chi connectivity index (χ3n) is 4.11. The molecule has 1 unspecified atom stereocenters. The molecule has 3 rings (SSSR count). The first-order chi connectivity index (χ1) is 11.1. The summed E-state index contributed by atoms with van der Waals surface area (Å²) in [5.74, 6) is 0.175. The number of aromatic nitrogens is 1. The van der Waals surface area contributed by atoms with Crippen LogP contribution in [0.25, 0.3) is 0 Å². The Morgan fingerprint density at radius 1 is 1.26 bits per heavy atom. The molecule has 1 N–H and O–H groups in total. The van der Waals surface area contributed by atoms with Gasteiger partial charge in [-0.1, -0.05) is 35.5 Å². The highest BCUT2D eigenvalue weighted by atomic mass is 16.5. The Labute approximate surface area is 135 Å². The number of carbonyl (C=O) groups excluding carboxylic acids is 1. The van der Waals surface area contributed by atoms with Gasteiger partial charge in [-0.05, 0) is 12.5 Å². The number of carbonyl (C=O) groups is 1. The highest BCUT2D eigenvalue weighted by Gasteiger charge is 2.25. The van der Waals surface area contributed by atoms with Crippen LogP contribution >= 0.6 is 0 Å². The van der Waals surface area contributed by atoms with Crippen LogP contribution in [0.5, 0.6) is 0 Å². The van der Waals surface area contributed by atoms with E-state index in [9.17, 15) is 9.90 Å². The number of aliphatic hydroxyl groups is 1. The van der Waals surface area contributed by atoms with E-state index in [-0.39, 0.29) is 5.91 Å². The summed E-state index contributed by atoms with van der Waals surface area (Å²) in [5.41, 5.74) is 1.63. The van der Waals surface area contributed by atoms with E-state index in [1.807, 2.05) is 30.3 Å². The van der Waals surface area contributed by atoms with E-state index in [1.54, 1.807) is 17.9 Å². The molecule has 1 aromatic heterocycles. The zero-order valence-corrected chi connectivity index (χ0v) is 13.2. The van der Waals surface area contributed by atoms with E-state index in [0.717, 1.165) is 18.7 Å². The molecule has 0 spiro atoms. The number of piperazine rings is 1. The van der Waals surface area contributed by atoms with Crippen LogP contribution < -0.4 is 0 Å². The molecule has 122 valence electrons. The molecule has 1 aromatic carbocycles. The first kappa shape index (κ1) is 15.7. The van der Waals surface area contributed by atoms with E-state index < -0.39 is 6.10 Å². The maximum atomic E-state index is 12.3. The van der Waals surface area contributed by atoms with Crippen molar-refractivity contribution in [3.05, 3.63) is 53.4 Å². The van der Waals surface area contributed by atoms with Gasteiger partial charge >= 0.3 is 0 Å². The Morgan fingerprint density at radius 2 is 1.96 bits per heavy atom. The number of hydrogen-bond acceptors (Lipinski definition) is 5. The molecular weight excluding hydrogens is 294 g/mol. The lowest BCUT2D eigenvalue weighted by atomic mass is 10.1. The van der Waals surface area contributed by atoms with Crippen molar-refractivity contribution in [2.24, 2.45) is 0 Å². The van der Waals surface area contributed by atoms with Crippen LogP contribution in [0, 0.1) is 6.92 Å². The molecule has 1 amide bonds. The van der Waals surface area contributed by atoms with E-state index >= 15 is 0 Å². The van der Waals surface area contributed by atoms with Gasteiger partial charge in [0.2, 0.25) is 5.76 Å². The van der Waals surface area contributed by atoms with Gasteiger partial charge in [0, 0.05) is 38.8 Å². The molecule has 0 bridgehead atoms. The minimum Gasteiger partial charge on any atom is -0.387 e. The van der Waals surface area contributed by atoms with Crippen LogP contribution in [0.4, 0.5) is 0 Å². The van der Waals surface area contributed by atoms with Crippen LogP contribution in [0.1, 0.15) is 27.9 Å². The van der Waals surface area contributed by atoms with Crippen molar-refractivity contribution in [3.8, 4) is 0 Å². The molecule has 6 heteroatoms. The van der Waals surface area contributed by atoms with Gasteiger partial charge in [0.1, 0.15) is 0 Å². The lowest BCUT2D eigenvalue weighted by Crippen LogP contribution is -2.49. The van der Waals surface area contributed by atoms with E-state index in [2.05, 4.69) is 10.1 Å². The van der Waals surface area contributed by atoms with Crippen LogP contribution in [0.3, 0.4) is 0 Å². The van der Waals surface area contributed by atoms with Crippen LogP contribution in [0.2, 0.25) is 0 Å². The number of β-amino-alcohol motifs (C(OH)–C–C–N with tert-alkyl or cyclic N) is 1.